The molecule has 0 aliphatic carbocycles. The Morgan fingerprint density at radius 3 is 2.84 bits per heavy atom. The zero-order valence-corrected chi connectivity index (χ0v) is 12.0. The van der Waals surface area contributed by atoms with Crippen molar-refractivity contribution in [3.8, 4) is 0 Å². The molecule has 19 heavy (non-hydrogen) atoms. The maximum absolute atomic E-state index is 6.06. The van der Waals surface area contributed by atoms with Crippen molar-refractivity contribution in [2.24, 2.45) is 0 Å². The molecule has 0 radical (unpaired) electrons. The van der Waals surface area contributed by atoms with Crippen LogP contribution in [-0.4, -0.2) is 19.1 Å². The number of aromatic nitrogens is 1. The molecule has 0 atom stereocenters. The van der Waals surface area contributed by atoms with Crippen molar-refractivity contribution in [3.05, 3.63) is 58.9 Å². The Morgan fingerprint density at radius 2 is 2.16 bits per heavy atom. The zero-order chi connectivity index (χ0) is 13.7. The molecule has 2 rings (SSSR count). The maximum atomic E-state index is 6.06. The number of hydrogen-bond acceptors (Lipinski definition) is 3. The number of rotatable bonds is 5. The van der Waals surface area contributed by atoms with E-state index in [0.29, 0.717) is 0 Å². The lowest BCUT2D eigenvalue weighted by atomic mass is 10.1. The van der Waals surface area contributed by atoms with Crippen LogP contribution >= 0.6 is 11.6 Å². The summed E-state index contributed by atoms with van der Waals surface area (Å²) >= 11 is 6.06. The Morgan fingerprint density at radius 1 is 1.32 bits per heavy atom. The van der Waals surface area contributed by atoms with Gasteiger partial charge in [0.1, 0.15) is 0 Å². The van der Waals surface area contributed by atoms with Gasteiger partial charge in [0.15, 0.2) is 0 Å². The predicted molar refractivity (Wildman–Crippen MR) is 80.6 cm³/mol. The summed E-state index contributed by atoms with van der Waals surface area (Å²) in [4.78, 5) is 6.35. The van der Waals surface area contributed by atoms with E-state index in [0.717, 1.165) is 18.1 Å². The lowest BCUT2D eigenvalue weighted by molar-refractivity contribution is 0.805. The van der Waals surface area contributed by atoms with Crippen molar-refractivity contribution in [2.45, 2.75) is 13.1 Å². The average Bonchev–Trinajstić information content (AvgIpc) is 2.40. The van der Waals surface area contributed by atoms with Crippen molar-refractivity contribution in [1.29, 1.82) is 0 Å². The summed E-state index contributed by atoms with van der Waals surface area (Å²) in [5.41, 5.74) is 3.57. The van der Waals surface area contributed by atoms with Gasteiger partial charge in [-0.2, -0.15) is 0 Å². The molecule has 1 heterocycles. The molecule has 0 aliphatic heterocycles. The molecule has 1 aromatic carbocycles. The van der Waals surface area contributed by atoms with Gasteiger partial charge in [-0.05, 0) is 42.4 Å². The van der Waals surface area contributed by atoms with Crippen LogP contribution < -0.4 is 10.2 Å². The molecule has 100 valence electrons. The van der Waals surface area contributed by atoms with Gasteiger partial charge in [-0.25, -0.2) is 0 Å². The van der Waals surface area contributed by atoms with Crippen LogP contribution in [-0.2, 0) is 13.1 Å². The van der Waals surface area contributed by atoms with E-state index < -0.39 is 0 Å². The van der Waals surface area contributed by atoms with E-state index in [1.165, 1.54) is 16.8 Å². The van der Waals surface area contributed by atoms with Crippen LogP contribution in [0.3, 0.4) is 0 Å². The first kappa shape index (κ1) is 13.8. The summed E-state index contributed by atoms with van der Waals surface area (Å²) in [5.74, 6) is 0. The first-order valence-corrected chi connectivity index (χ1v) is 6.61. The maximum Gasteiger partial charge on any atom is 0.0441 e. The minimum atomic E-state index is 0.767. The van der Waals surface area contributed by atoms with E-state index in [4.69, 9.17) is 11.6 Å². The van der Waals surface area contributed by atoms with Crippen LogP contribution in [0, 0.1) is 0 Å². The monoisotopic (exact) mass is 275 g/mol. The summed E-state index contributed by atoms with van der Waals surface area (Å²) in [6, 6.07) is 10.0. The Hall–Kier alpha value is -1.58. The third-order valence-electron chi connectivity index (χ3n) is 2.96. The molecular formula is C15H18ClN3. The van der Waals surface area contributed by atoms with E-state index in [1.54, 1.807) is 6.20 Å². The van der Waals surface area contributed by atoms with Gasteiger partial charge in [0.2, 0.25) is 0 Å². The van der Waals surface area contributed by atoms with E-state index in [1.807, 2.05) is 31.4 Å². The highest BCUT2D eigenvalue weighted by Gasteiger charge is 2.08. The summed E-state index contributed by atoms with van der Waals surface area (Å²) in [6.07, 6.45) is 3.68. The standard InChI is InChI=1S/C15H18ClN3/c1-17-10-13-8-14(16)5-6-15(13)19(2)11-12-4-3-7-18-9-12/h3-9,17H,10-11H2,1-2H3. The largest absolute Gasteiger partial charge is 0.370 e. The highest BCUT2D eigenvalue weighted by atomic mass is 35.5. The lowest BCUT2D eigenvalue weighted by Crippen LogP contribution is -2.19. The van der Waals surface area contributed by atoms with Crippen molar-refractivity contribution in [2.75, 3.05) is 19.0 Å². The highest BCUT2D eigenvalue weighted by molar-refractivity contribution is 6.30. The number of hydrogen-bond donors (Lipinski definition) is 1. The molecule has 0 saturated carbocycles. The van der Waals surface area contributed by atoms with Crippen LogP contribution in [0.15, 0.2) is 42.7 Å². The Balaban J connectivity index is 2.20. The van der Waals surface area contributed by atoms with E-state index >= 15 is 0 Å². The van der Waals surface area contributed by atoms with Crippen molar-refractivity contribution >= 4 is 17.3 Å². The molecule has 0 amide bonds. The van der Waals surface area contributed by atoms with Crippen LogP contribution in [0.4, 0.5) is 5.69 Å². The molecule has 2 aromatic rings. The van der Waals surface area contributed by atoms with Crippen molar-refractivity contribution in [3.63, 3.8) is 0 Å². The molecule has 4 heteroatoms. The van der Waals surface area contributed by atoms with E-state index in [9.17, 15) is 0 Å². The number of pyridine rings is 1. The Labute approximate surface area is 119 Å². The molecule has 1 N–H and O–H groups in total. The molecular weight excluding hydrogens is 258 g/mol. The molecule has 0 spiro atoms. The van der Waals surface area contributed by atoms with Gasteiger partial charge in [-0.1, -0.05) is 17.7 Å². The number of anilines is 1. The second kappa shape index (κ2) is 6.55. The van der Waals surface area contributed by atoms with Gasteiger partial charge in [-0.15, -0.1) is 0 Å². The quantitative estimate of drug-likeness (QED) is 0.909. The van der Waals surface area contributed by atoms with E-state index in [-0.39, 0.29) is 0 Å². The smallest absolute Gasteiger partial charge is 0.0441 e. The van der Waals surface area contributed by atoms with Crippen LogP contribution in [0.2, 0.25) is 5.02 Å². The Bertz CT molecular complexity index is 528. The number of nitrogens with one attached hydrogen (secondary N) is 1. The van der Waals surface area contributed by atoms with Crippen LogP contribution in [0.5, 0.6) is 0 Å². The number of benzene rings is 1. The third-order valence-corrected chi connectivity index (χ3v) is 3.20. The fourth-order valence-electron chi connectivity index (χ4n) is 2.11. The predicted octanol–water partition coefficient (Wildman–Crippen LogP) is 3.09. The number of halogens is 1. The number of nitrogens with zero attached hydrogens (tertiary/aromatic N) is 2. The topological polar surface area (TPSA) is 28.2 Å². The molecule has 0 saturated heterocycles. The lowest BCUT2D eigenvalue weighted by Gasteiger charge is -2.22. The normalized spacial score (nSPS) is 10.5. The molecule has 3 nitrogen and oxygen atoms in total. The van der Waals surface area contributed by atoms with Gasteiger partial charge >= 0.3 is 0 Å². The summed E-state index contributed by atoms with van der Waals surface area (Å²) < 4.78 is 0. The van der Waals surface area contributed by atoms with Gasteiger partial charge in [0.05, 0.1) is 0 Å². The first-order chi connectivity index (χ1) is 9.20. The van der Waals surface area contributed by atoms with Crippen LogP contribution in [0.1, 0.15) is 11.1 Å². The molecule has 0 fully saturated rings. The van der Waals surface area contributed by atoms with Gasteiger partial charge in [-0.3, -0.25) is 4.98 Å². The fraction of sp³-hybridized carbons (Fsp3) is 0.267. The summed E-state index contributed by atoms with van der Waals surface area (Å²) in [7, 11) is 4.02. The van der Waals surface area contributed by atoms with Gasteiger partial charge < -0.3 is 10.2 Å². The average molecular weight is 276 g/mol. The van der Waals surface area contributed by atoms with Crippen molar-refractivity contribution in [1.82, 2.24) is 10.3 Å². The summed E-state index contributed by atoms with van der Waals surface area (Å²) in [5, 5.41) is 3.94. The van der Waals surface area contributed by atoms with Crippen molar-refractivity contribution < 1.29 is 0 Å². The molecule has 1 aromatic heterocycles. The van der Waals surface area contributed by atoms with Gasteiger partial charge in [0, 0.05) is 43.2 Å². The second-order valence-electron chi connectivity index (χ2n) is 4.52. The minimum absolute atomic E-state index is 0.767. The first-order valence-electron chi connectivity index (χ1n) is 6.24. The zero-order valence-electron chi connectivity index (χ0n) is 11.2. The molecule has 0 unspecified atom stereocenters. The summed E-state index contributed by atoms with van der Waals surface area (Å²) in [6.45, 7) is 1.62. The fourth-order valence-corrected chi connectivity index (χ4v) is 2.30. The third kappa shape index (κ3) is 3.69. The SMILES string of the molecule is CNCc1cc(Cl)ccc1N(C)Cc1cccnc1. The Kier molecular flexibility index (Phi) is 4.77. The van der Waals surface area contributed by atoms with Crippen LogP contribution in [0.25, 0.3) is 0 Å². The second-order valence-corrected chi connectivity index (χ2v) is 4.96. The van der Waals surface area contributed by atoms with Gasteiger partial charge in [0.25, 0.3) is 0 Å². The molecule has 0 bridgehead atoms. The highest BCUT2D eigenvalue weighted by Crippen LogP contribution is 2.24. The minimum Gasteiger partial charge on any atom is -0.370 e. The van der Waals surface area contributed by atoms with E-state index in [2.05, 4.69) is 34.4 Å². The molecule has 0 aliphatic rings.